The van der Waals surface area contributed by atoms with E-state index < -0.39 is 12.2 Å². The molecule has 0 spiro atoms. The van der Waals surface area contributed by atoms with Gasteiger partial charge in [-0.05, 0) is 12.8 Å². The lowest BCUT2D eigenvalue weighted by atomic mass is 10.2. The molecule has 0 bridgehead atoms. The first-order valence-electron chi connectivity index (χ1n) is 3.22. The van der Waals surface area contributed by atoms with Gasteiger partial charge in [0.1, 0.15) is 6.04 Å². The molecule has 6 heteroatoms. The topological polar surface area (TPSA) is 32.7 Å². The molecule has 1 atom stereocenters. The zero-order valence-corrected chi connectivity index (χ0v) is 5.64. The van der Waals surface area contributed by atoms with Gasteiger partial charge in [0.2, 0.25) is 0 Å². The van der Waals surface area contributed by atoms with Crippen LogP contribution >= 0.6 is 0 Å². The Labute approximate surface area is 61.1 Å². The summed E-state index contributed by atoms with van der Waals surface area (Å²) in [6, 6.07) is -1.65. The summed E-state index contributed by atoms with van der Waals surface area (Å²) in [5.74, 6) is 0. The molecule has 0 aromatic carbocycles. The van der Waals surface area contributed by atoms with Gasteiger partial charge < -0.3 is 0 Å². The average Bonchev–Trinajstić information content (AvgIpc) is 2.31. The Kier molecular flexibility index (Phi) is 2.01. The van der Waals surface area contributed by atoms with Crippen molar-refractivity contribution in [2.24, 2.45) is 5.29 Å². The molecule has 64 valence electrons. The maximum Gasteiger partial charge on any atom is 0.410 e. The van der Waals surface area contributed by atoms with Crippen LogP contribution in [0.3, 0.4) is 0 Å². The van der Waals surface area contributed by atoms with Crippen LogP contribution in [0.4, 0.5) is 13.2 Å². The molecule has 11 heavy (non-hydrogen) atoms. The fraction of sp³-hybridized carbons (Fsp3) is 1.00. The molecule has 0 radical (unpaired) electrons. The van der Waals surface area contributed by atoms with Crippen molar-refractivity contribution < 1.29 is 13.2 Å². The summed E-state index contributed by atoms with van der Waals surface area (Å²) < 4.78 is 35.9. The van der Waals surface area contributed by atoms with E-state index in [0.717, 1.165) is 0 Å². The van der Waals surface area contributed by atoms with Crippen LogP contribution in [0.25, 0.3) is 0 Å². The highest BCUT2D eigenvalue weighted by Crippen LogP contribution is 2.32. The second-order valence-corrected chi connectivity index (χ2v) is 2.44. The number of nitroso groups, excluding NO2 is 1. The predicted molar refractivity (Wildman–Crippen MR) is 31.6 cm³/mol. The van der Waals surface area contributed by atoms with Crippen LogP contribution in [0.2, 0.25) is 0 Å². The van der Waals surface area contributed by atoms with Gasteiger partial charge in [0.25, 0.3) is 0 Å². The highest BCUT2D eigenvalue weighted by atomic mass is 19.4. The highest BCUT2D eigenvalue weighted by molar-refractivity contribution is 4.82. The minimum absolute atomic E-state index is 0.0186. The van der Waals surface area contributed by atoms with Crippen molar-refractivity contribution in [3.8, 4) is 0 Å². The zero-order valence-electron chi connectivity index (χ0n) is 5.64. The fourth-order valence-corrected chi connectivity index (χ4v) is 1.18. The second-order valence-electron chi connectivity index (χ2n) is 2.44. The van der Waals surface area contributed by atoms with E-state index in [9.17, 15) is 18.1 Å². The first kappa shape index (κ1) is 8.29. The Bertz CT molecular complexity index is 158. The van der Waals surface area contributed by atoms with Crippen LogP contribution < -0.4 is 0 Å². The van der Waals surface area contributed by atoms with E-state index in [4.69, 9.17) is 0 Å². The summed E-state index contributed by atoms with van der Waals surface area (Å²) in [5.41, 5.74) is 0. The van der Waals surface area contributed by atoms with Crippen LogP contribution in [0.15, 0.2) is 5.29 Å². The lowest BCUT2D eigenvalue weighted by Gasteiger charge is -2.20. The van der Waals surface area contributed by atoms with E-state index >= 15 is 0 Å². The van der Waals surface area contributed by atoms with Crippen LogP contribution in [0.5, 0.6) is 0 Å². The van der Waals surface area contributed by atoms with E-state index in [1.807, 2.05) is 0 Å². The summed E-state index contributed by atoms with van der Waals surface area (Å²) in [5, 5.41) is 2.85. The minimum Gasteiger partial charge on any atom is -0.249 e. The first-order chi connectivity index (χ1) is 5.05. The SMILES string of the molecule is O=NN1CCCC1C(F)(F)F. The van der Waals surface area contributed by atoms with Crippen LogP contribution in [-0.4, -0.2) is 23.8 Å². The molecule has 0 aliphatic carbocycles. The number of hydrogen-bond acceptors (Lipinski definition) is 2. The largest absolute Gasteiger partial charge is 0.410 e. The molecule has 1 unspecified atom stereocenters. The smallest absolute Gasteiger partial charge is 0.249 e. The minimum atomic E-state index is -4.32. The van der Waals surface area contributed by atoms with Gasteiger partial charge in [0, 0.05) is 6.54 Å². The summed E-state index contributed by atoms with van der Waals surface area (Å²) in [6.07, 6.45) is -3.95. The third-order valence-corrected chi connectivity index (χ3v) is 1.71. The van der Waals surface area contributed by atoms with E-state index in [1.165, 1.54) is 0 Å². The van der Waals surface area contributed by atoms with E-state index in [0.29, 0.717) is 11.4 Å². The molecule has 0 N–H and O–H groups in total. The van der Waals surface area contributed by atoms with Crippen molar-refractivity contribution in [2.75, 3.05) is 6.54 Å². The molecule has 1 fully saturated rings. The Balaban J connectivity index is 2.63. The highest BCUT2D eigenvalue weighted by Gasteiger charge is 2.46. The number of nitrogens with zero attached hydrogens (tertiary/aromatic N) is 2. The lowest BCUT2D eigenvalue weighted by molar-refractivity contribution is -0.176. The van der Waals surface area contributed by atoms with Gasteiger partial charge in [-0.15, -0.1) is 4.91 Å². The van der Waals surface area contributed by atoms with Gasteiger partial charge in [0.15, 0.2) is 0 Å². The van der Waals surface area contributed by atoms with Gasteiger partial charge in [-0.2, -0.15) is 13.2 Å². The Hall–Kier alpha value is -0.810. The molecule has 0 saturated carbocycles. The van der Waals surface area contributed by atoms with Gasteiger partial charge >= 0.3 is 6.18 Å². The molecule has 1 rings (SSSR count). The van der Waals surface area contributed by atoms with Crippen molar-refractivity contribution in [1.29, 1.82) is 0 Å². The third kappa shape index (κ3) is 1.61. The van der Waals surface area contributed by atoms with Crippen molar-refractivity contribution in [3.05, 3.63) is 4.91 Å². The summed E-state index contributed by atoms with van der Waals surface area (Å²) >= 11 is 0. The molecule has 0 aromatic rings. The van der Waals surface area contributed by atoms with Gasteiger partial charge in [-0.3, -0.25) is 0 Å². The molecule has 1 aliphatic heterocycles. The van der Waals surface area contributed by atoms with Crippen LogP contribution in [-0.2, 0) is 0 Å². The molecule has 3 nitrogen and oxygen atoms in total. The van der Waals surface area contributed by atoms with E-state index in [2.05, 4.69) is 5.29 Å². The molecular formula is C5H7F3N2O. The average molecular weight is 168 g/mol. The molecule has 0 amide bonds. The van der Waals surface area contributed by atoms with Crippen molar-refractivity contribution in [3.63, 3.8) is 0 Å². The van der Waals surface area contributed by atoms with Crippen LogP contribution in [0.1, 0.15) is 12.8 Å². The molecule has 0 aromatic heterocycles. The standard InChI is InChI=1S/C5H7F3N2O/c6-5(7,8)4-2-1-3-10(4)9-11/h4H,1-3H2. The molecule has 1 aliphatic rings. The number of hydrogen-bond donors (Lipinski definition) is 0. The maximum atomic E-state index is 12.0. The predicted octanol–water partition coefficient (Wildman–Crippen LogP) is 1.69. The molecule has 1 heterocycles. The van der Waals surface area contributed by atoms with Gasteiger partial charge in [-0.25, -0.2) is 5.01 Å². The van der Waals surface area contributed by atoms with Crippen molar-refractivity contribution in [2.45, 2.75) is 25.1 Å². The normalized spacial score (nSPS) is 25.7. The van der Waals surface area contributed by atoms with Gasteiger partial charge in [-0.1, -0.05) is 0 Å². The van der Waals surface area contributed by atoms with E-state index in [-0.39, 0.29) is 13.0 Å². The van der Waals surface area contributed by atoms with Crippen LogP contribution in [0, 0.1) is 4.91 Å². The van der Waals surface area contributed by atoms with E-state index in [1.54, 1.807) is 0 Å². The molecule has 1 saturated heterocycles. The monoisotopic (exact) mass is 168 g/mol. The summed E-state index contributed by atoms with van der Waals surface area (Å²) in [7, 11) is 0. The number of alkyl halides is 3. The number of rotatable bonds is 1. The molecular weight excluding hydrogens is 161 g/mol. The Morgan fingerprint density at radius 2 is 2.09 bits per heavy atom. The summed E-state index contributed by atoms with van der Waals surface area (Å²) in [4.78, 5) is 9.84. The Morgan fingerprint density at radius 1 is 1.45 bits per heavy atom. The zero-order chi connectivity index (χ0) is 8.48. The van der Waals surface area contributed by atoms with Crippen molar-refractivity contribution in [1.82, 2.24) is 5.01 Å². The quantitative estimate of drug-likeness (QED) is 0.558. The lowest BCUT2D eigenvalue weighted by Crippen LogP contribution is -2.37. The first-order valence-corrected chi connectivity index (χ1v) is 3.22. The maximum absolute atomic E-state index is 12.0. The fourth-order valence-electron chi connectivity index (χ4n) is 1.18. The third-order valence-electron chi connectivity index (χ3n) is 1.71. The Morgan fingerprint density at radius 3 is 2.45 bits per heavy atom. The number of halogens is 3. The van der Waals surface area contributed by atoms with Crippen molar-refractivity contribution >= 4 is 0 Å². The summed E-state index contributed by atoms with van der Waals surface area (Å²) in [6.45, 7) is 0.119. The second kappa shape index (κ2) is 2.67. The van der Waals surface area contributed by atoms with Gasteiger partial charge in [0.05, 0.1) is 5.29 Å².